The first-order chi connectivity index (χ1) is 11.2. The van der Waals surface area contributed by atoms with E-state index in [1.807, 2.05) is 33.8 Å². The molecule has 1 aliphatic heterocycles. The van der Waals surface area contributed by atoms with Gasteiger partial charge >= 0.3 is 12.1 Å². The molecule has 1 aliphatic rings. The van der Waals surface area contributed by atoms with Crippen molar-refractivity contribution in [2.45, 2.75) is 58.6 Å². The molecule has 0 saturated heterocycles. The number of methoxy groups -OCH3 is 1. The molecule has 1 aromatic rings. The molecule has 1 atom stereocenters. The van der Waals surface area contributed by atoms with Crippen LogP contribution in [0.5, 0.6) is 0 Å². The first-order valence-corrected chi connectivity index (χ1v) is 8.40. The van der Waals surface area contributed by atoms with Crippen LogP contribution in [0.3, 0.4) is 0 Å². The summed E-state index contributed by atoms with van der Waals surface area (Å²) in [5.74, 6) is -0.202. The van der Waals surface area contributed by atoms with Gasteiger partial charge in [-0.1, -0.05) is 18.2 Å². The normalized spacial score (nSPS) is 17.2. The van der Waals surface area contributed by atoms with E-state index in [0.717, 1.165) is 17.5 Å². The number of rotatable bonds is 3. The van der Waals surface area contributed by atoms with Gasteiger partial charge in [-0.2, -0.15) is 0 Å². The van der Waals surface area contributed by atoms with Gasteiger partial charge in [0.05, 0.1) is 13.2 Å². The summed E-state index contributed by atoms with van der Waals surface area (Å²) in [6, 6.07) is 6.05. The summed E-state index contributed by atoms with van der Waals surface area (Å²) >= 11 is 0. The largest absolute Gasteiger partial charge is 0.469 e. The molecule has 132 valence electrons. The highest BCUT2D eigenvalue weighted by atomic mass is 16.6. The molecular formula is C19H27NO4. The minimum absolute atomic E-state index is 0.0401. The van der Waals surface area contributed by atoms with Gasteiger partial charge in [0.1, 0.15) is 5.60 Å². The lowest BCUT2D eigenvalue weighted by Gasteiger charge is -2.37. The molecule has 0 aromatic heterocycles. The molecule has 0 radical (unpaired) electrons. The van der Waals surface area contributed by atoms with Crippen LogP contribution in [0, 0.1) is 0 Å². The second-order valence-corrected chi connectivity index (χ2v) is 7.16. The number of ether oxygens (including phenoxy) is 2. The Kier molecular flexibility index (Phi) is 5.52. The van der Waals surface area contributed by atoms with Crippen molar-refractivity contribution in [1.82, 2.24) is 4.90 Å². The highest BCUT2D eigenvalue weighted by Gasteiger charge is 2.31. The Labute approximate surface area is 143 Å². The van der Waals surface area contributed by atoms with Gasteiger partial charge in [-0.25, -0.2) is 4.79 Å². The molecular weight excluding hydrogens is 306 g/mol. The van der Waals surface area contributed by atoms with E-state index in [4.69, 9.17) is 9.47 Å². The van der Waals surface area contributed by atoms with E-state index in [-0.39, 0.29) is 18.1 Å². The summed E-state index contributed by atoms with van der Waals surface area (Å²) in [7, 11) is 1.41. The Balaban J connectivity index is 2.17. The number of benzene rings is 1. The van der Waals surface area contributed by atoms with E-state index in [2.05, 4.69) is 12.1 Å². The van der Waals surface area contributed by atoms with Crippen LogP contribution in [0.25, 0.3) is 0 Å². The monoisotopic (exact) mass is 333 g/mol. The van der Waals surface area contributed by atoms with Crippen LogP contribution in [0.1, 0.15) is 56.8 Å². The zero-order chi connectivity index (χ0) is 17.9. The third-order valence-electron chi connectivity index (χ3n) is 4.28. The summed E-state index contributed by atoms with van der Waals surface area (Å²) in [5.41, 5.74) is 3.04. The molecule has 0 bridgehead atoms. The minimum atomic E-state index is -0.501. The Morgan fingerprint density at radius 1 is 1.29 bits per heavy atom. The van der Waals surface area contributed by atoms with Crippen LogP contribution in [0.2, 0.25) is 0 Å². The van der Waals surface area contributed by atoms with E-state index in [0.29, 0.717) is 19.4 Å². The quantitative estimate of drug-likeness (QED) is 0.792. The van der Waals surface area contributed by atoms with Crippen LogP contribution < -0.4 is 0 Å². The fraction of sp³-hybridized carbons (Fsp3) is 0.579. The highest BCUT2D eigenvalue weighted by molar-refractivity contribution is 5.70. The third kappa shape index (κ3) is 4.28. The number of esters is 1. The number of nitrogens with zero attached hydrogens (tertiary/aromatic N) is 1. The Morgan fingerprint density at radius 3 is 2.62 bits per heavy atom. The number of hydrogen-bond donors (Lipinski definition) is 0. The van der Waals surface area contributed by atoms with Crippen molar-refractivity contribution >= 4 is 12.1 Å². The van der Waals surface area contributed by atoms with Crippen molar-refractivity contribution in [3.63, 3.8) is 0 Å². The molecule has 1 aromatic carbocycles. The van der Waals surface area contributed by atoms with Crippen LogP contribution in [-0.4, -0.2) is 36.2 Å². The second kappa shape index (κ2) is 7.24. The smallest absolute Gasteiger partial charge is 0.410 e. The van der Waals surface area contributed by atoms with Crippen molar-refractivity contribution in [3.8, 4) is 0 Å². The SMILES string of the molecule is COC(=O)CCc1cccc2c1CCN(C(=O)OC(C)(C)C)C2C. The summed E-state index contributed by atoms with van der Waals surface area (Å²) in [6.45, 7) is 8.26. The molecule has 1 heterocycles. The standard InChI is InChI=1S/C19H27NO4/c1-13-15-8-6-7-14(9-10-17(21)23-5)16(15)11-12-20(13)18(22)24-19(2,3)4/h6-8,13H,9-12H2,1-5H3. The molecule has 0 fully saturated rings. The van der Waals surface area contributed by atoms with Crippen LogP contribution >= 0.6 is 0 Å². The van der Waals surface area contributed by atoms with Gasteiger partial charge in [0.2, 0.25) is 0 Å². The molecule has 0 N–H and O–H groups in total. The van der Waals surface area contributed by atoms with Gasteiger partial charge in [0.15, 0.2) is 0 Å². The summed E-state index contributed by atoms with van der Waals surface area (Å²) in [6.07, 6.45) is 1.53. The zero-order valence-corrected chi connectivity index (χ0v) is 15.2. The van der Waals surface area contributed by atoms with E-state index < -0.39 is 5.60 Å². The van der Waals surface area contributed by atoms with Gasteiger partial charge in [0.25, 0.3) is 0 Å². The zero-order valence-electron chi connectivity index (χ0n) is 15.2. The van der Waals surface area contributed by atoms with E-state index in [9.17, 15) is 9.59 Å². The fourth-order valence-electron chi connectivity index (χ4n) is 3.09. The number of carbonyl (C=O) groups is 2. The van der Waals surface area contributed by atoms with Gasteiger partial charge in [0, 0.05) is 13.0 Å². The Hall–Kier alpha value is -2.04. The average molecular weight is 333 g/mol. The third-order valence-corrected chi connectivity index (χ3v) is 4.28. The van der Waals surface area contributed by atoms with Gasteiger partial charge in [-0.05, 0) is 57.2 Å². The van der Waals surface area contributed by atoms with E-state index in [1.54, 1.807) is 4.90 Å². The summed E-state index contributed by atoms with van der Waals surface area (Å²) < 4.78 is 10.2. The average Bonchev–Trinajstić information content (AvgIpc) is 2.51. The second-order valence-electron chi connectivity index (χ2n) is 7.16. The number of hydrogen-bond acceptors (Lipinski definition) is 4. The van der Waals surface area contributed by atoms with Gasteiger partial charge in [-0.3, -0.25) is 4.79 Å². The highest BCUT2D eigenvalue weighted by Crippen LogP contribution is 2.32. The van der Waals surface area contributed by atoms with Gasteiger partial charge in [-0.15, -0.1) is 0 Å². The molecule has 1 unspecified atom stereocenters. The number of aryl methyl sites for hydroxylation is 1. The van der Waals surface area contributed by atoms with Crippen LogP contribution in [0.15, 0.2) is 18.2 Å². The first kappa shape index (κ1) is 18.3. The van der Waals surface area contributed by atoms with Crippen molar-refractivity contribution in [2.75, 3.05) is 13.7 Å². The van der Waals surface area contributed by atoms with Crippen molar-refractivity contribution in [1.29, 1.82) is 0 Å². The maximum Gasteiger partial charge on any atom is 0.410 e. The molecule has 5 heteroatoms. The maximum atomic E-state index is 12.4. The lowest BCUT2D eigenvalue weighted by atomic mass is 9.88. The summed E-state index contributed by atoms with van der Waals surface area (Å²) in [5, 5.41) is 0. The van der Waals surface area contributed by atoms with Crippen molar-refractivity contribution < 1.29 is 19.1 Å². The first-order valence-electron chi connectivity index (χ1n) is 8.40. The molecule has 0 spiro atoms. The predicted octanol–water partition coefficient (Wildman–Crippen LogP) is 3.65. The topological polar surface area (TPSA) is 55.8 Å². The number of carbonyl (C=O) groups excluding carboxylic acids is 2. The molecule has 5 nitrogen and oxygen atoms in total. The minimum Gasteiger partial charge on any atom is -0.469 e. The van der Waals surface area contributed by atoms with Crippen molar-refractivity contribution in [3.05, 3.63) is 34.9 Å². The number of fused-ring (bicyclic) bond motifs is 1. The lowest BCUT2D eigenvalue weighted by molar-refractivity contribution is -0.140. The molecule has 1 amide bonds. The lowest BCUT2D eigenvalue weighted by Crippen LogP contribution is -2.42. The fourth-order valence-corrected chi connectivity index (χ4v) is 3.09. The Bertz CT molecular complexity index is 618. The molecule has 2 rings (SSSR count). The van der Waals surface area contributed by atoms with Gasteiger partial charge < -0.3 is 14.4 Å². The molecule has 0 aliphatic carbocycles. The number of amides is 1. The van der Waals surface area contributed by atoms with Crippen LogP contribution in [-0.2, 0) is 27.1 Å². The van der Waals surface area contributed by atoms with E-state index >= 15 is 0 Å². The predicted molar refractivity (Wildman–Crippen MR) is 91.8 cm³/mol. The summed E-state index contributed by atoms with van der Waals surface area (Å²) in [4.78, 5) is 25.6. The maximum absolute atomic E-state index is 12.4. The van der Waals surface area contributed by atoms with E-state index in [1.165, 1.54) is 12.7 Å². The van der Waals surface area contributed by atoms with Crippen LogP contribution in [0.4, 0.5) is 4.79 Å². The van der Waals surface area contributed by atoms with Crippen molar-refractivity contribution in [2.24, 2.45) is 0 Å². The molecule has 24 heavy (non-hydrogen) atoms. The molecule has 0 saturated carbocycles. The Morgan fingerprint density at radius 2 is 2.00 bits per heavy atom.